The van der Waals surface area contributed by atoms with Gasteiger partial charge in [-0.1, -0.05) is 11.6 Å². The lowest BCUT2D eigenvalue weighted by molar-refractivity contribution is -0.0401. The number of nitrogens with one attached hydrogen (secondary N) is 1. The first-order valence-corrected chi connectivity index (χ1v) is 10.1. The van der Waals surface area contributed by atoms with E-state index >= 15 is 0 Å². The molecule has 2 aromatic carbocycles. The second kappa shape index (κ2) is 9.88. The van der Waals surface area contributed by atoms with Crippen molar-refractivity contribution < 1.29 is 19.1 Å². The van der Waals surface area contributed by atoms with E-state index in [4.69, 9.17) is 39.0 Å². The fraction of sp³-hybridized carbons (Fsp3) is 0.286. The molecule has 1 heterocycles. The van der Waals surface area contributed by atoms with Crippen LogP contribution in [0.15, 0.2) is 42.5 Å². The SMILES string of the molecule is CC(=O)c1cc(Cl)ccc1OCC1CN(C(=O)c2ccc(NC(N)=S)cc2)CCO1. The van der Waals surface area contributed by atoms with Gasteiger partial charge in [0.1, 0.15) is 18.5 Å². The van der Waals surface area contributed by atoms with Crippen LogP contribution in [0, 0.1) is 0 Å². The smallest absolute Gasteiger partial charge is 0.254 e. The molecule has 1 aliphatic rings. The van der Waals surface area contributed by atoms with Crippen LogP contribution in [0.3, 0.4) is 0 Å². The van der Waals surface area contributed by atoms with E-state index in [1.54, 1.807) is 47.4 Å². The van der Waals surface area contributed by atoms with Crippen molar-refractivity contribution in [2.24, 2.45) is 5.73 Å². The van der Waals surface area contributed by atoms with Crippen LogP contribution < -0.4 is 15.8 Å². The lowest BCUT2D eigenvalue weighted by Crippen LogP contribution is -2.47. The highest BCUT2D eigenvalue weighted by Gasteiger charge is 2.26. The van der Waals surface area contributed by atoms with Crippen molar-refractivity contribution in [2.45, 2.75) is 13.0 Å². The van der Waals surface area contributed by atoms with Crippen LogP contribution in [0.4, 0.5) is 5.69 Å². The molecule has 0 aliphatic carbocycles. The highest BCUT2D eigenvalue weighted by Crippen LogP contribution is 2.24. The largest absolute Gasteiger partial charge is 0.490 e. The molecule has 1 unspecified atom stereocenters. The molecule has 158 valence electrons. The number of morpholine rings is 1. The fourth-order valence-electron chi connectivity index (χ4n) is 3.11. The van der Waals surface area contributed by atoms with E-state index < -0.39 is 0 Å². The first kappa shape index (κ1) is 22.0. The topological polar surface area (TPSA) is 93.9 Å². The van der Waals surface area contributed by atoms with Crippen molar-refractivity contribution in [3.8, 4) is 5.75 Å². The number of ketones is 1. The minimum Gasteiger partial charge on any atom is -0.490 e. The molecule has 0 aromatic heterocycles. The molecule has 1 aliphatic heterocycles. The zero-order valence-corrected chi connectivity index (χ0v) is 18.0. The molecule has 30 heavy (non-hydrogen) atoms. The summed E-state index contributed by atoms with van der Waals surface area (Å²) in [5.74, 6) is 0.211. The van der Waals surface area contributed by atoms with Gasteiger partial charge in [0.25, 0.3) is 5.91 Å². The number of carbonyl (C=O) groups is 2. The number of nitrogens with two attached hydrogens (primary N) is 1. The molecule has 0 radical (unpaired) electrons. The minimum absolute atomic E-state index is 0.0962. The maximum Gasteiger partial charge on any atom is 0.254 e. The van der Waals surface area contributed by atoms with Gasteiger partial charge in [-0.3, -0.25) is 9.59 Å². The van der Waals surface area contributed by atoms with Gasteiger partial charge in [0.2, 0.25) is 0 Å². The predicted molar refractivity (Wildman–Crippen MR) is 119 cm³/mol. The molecule has 0 saturated carbocycles. The second-order valence-electron chi connectivity index (χ2n) is 6.82. The molecule has 0 bridgehead atoms. The summed E-state index contributed by atoms with van der Waals surface area (Å²) in [6.45, 7) is 2.94. The number of hydrogen-bond donors (Lipinski definition) is 2. The van der Waals surface area contributed by atoms with Crippen molar-refractivity contribution in [1.82, 2.24) is 4.90 Å². The Labute approximate surface area is 185 Å². The Morgan fingerprint density at radius 2 is 2.03 bits per heavy atom. The minimum atomic E-state index is -0.311. The Bertz CT molecular complexity index is 952. The van der Waals surface area contributed by atoms with Crippen molar-refractivity contribution in [1.29, 1.82) is 0 Å². The van der Waals surface area contributed by atoms with E-state index in [9.17, 15) is 9.59 Å². The number of amides is 1. The lowest BCUT2D eigenvalue weighted by atomic mass is 10.1. The number of halogens is 1. The quantitative estimate of drug-likeness (QED) is 0.519. The number of hydrogen-bond acceptors (Lipinski definition) is 5. The Balaban J connectivity index is 1.61. The van der Waals surface area contributed by atoms with E-state index in [1.807, 2.05) is 0 Å². The zero-order chi connectivity index (χ0) is 21.7. The van der Waals surface area contributed by atoms with Gasteiger partial charge < -0.3 is 25.4 Å². The van der Waals surface area contributed by atoms with Crippen LogP contribution >= 0.6 is 23.8 Å². The summed E-state index contributed by atoms with van der Waals surface area (Å²) in [7, 11) is 0. The van der Waals surface area contributed by atoms with Crippen LogP contribution in [0.2, 0.25) is 5.02 Å². The Morgan fingerprint density at radius 3 is 2.70 bits per heavy atom. The first-order valence-electron chi connectivity index (χ1n) is 9.34. The zero-order valence-electron chi connectivity index (χ0n) is 16.4. The van der Waals surface area contributed by atoms with Gasteiger partial charge >= 0.3 is 0 Å². The standard InChI is InChI=1S/C21H22ClN3O4S/c1-13(26)18-10-15(22)4-7-19(18)29-12-17-11-25(8-9-28-17)20(27)14-2-5-16(6-3-14)24-21(23)30/h2-7,10,17H,8-9,11-12H2,1H3,(H3,23,24,30). The van der Waals surface area contributed by atoms with Crippen LogP contribution in [-0.2, 0) is 4.74 Å². The van der Waals surface area contributed by atoms with Crippen LogP contribution in [-0.4, -0.2) is 54.1 Å². The number of carbonyl (C=O) groups excluding carboxylic acids is 2. The van der Waals surface area contributed by atoms with Gasteiger partial charge in [-0.25, -0.2) is 0 Å². The number of rotatable bonds is 6. The summed E-state index contributed by atoms with van der Waals surface area (Å²) in [4.78, 5) is 26.4. The van der Waals surface area contributed by atoms with Gasteiger partial charge in [-0.15, -0.1) is 0 Å². The van der Waals surface area contributed by atoms with Crippen LogP contribution in [0.25, 0.3) is 0 Å². The van der Waals surface area contributed by atoms with Gasteiger partial charge in [0.05, 0.1) is 18.7 Å². The molecule has 1 amide bonds. The van der Waals surface area contributed by atoms with Crippen LogP contribution in [0.1, 0.15) is 27.6 Å². The monoisotopic (exact) mass is 447 g/mol. The summed E-state index contributed by atoms with van der Waals surface area (Å²) in [5, 5.41) is 3.45. The summed E-state index contributed by atoms with van der Waals surface area (Å²) in [6, 6.07) is 11.8. The average molecular weight is 448 g/mol. The van der Waals surface area contributed by atoms with Gasteiger partial charge in [-0.05, 0) is 61.6 Å². The highest BCUT2D eigenvalue weighted by molar-refractivity contribution is 7.80. The first-order chi connectivity index (χ1) is 14.3. The van der Waals surface area contributed by atoms with Crippen molar-refractivity contribution >= 4 is 46.3 Å². The Hall–Kier alpha value is -2.68. The molecule has 2 aromatic rings. The third-order valence-electron chi connectivity index (χ3n) is 4.57. The maximum absolute atomic E-state index is 12.8. The third-order valence-corrected chi connectivity index (χ3v) is 4.91. The molecule has 0 spiro atoms. The molecule has 7 nitrogen and oxygen atoms in total. The normalized spacial score (nSPS) is 16.1. The molecule has 3 N–H and O–H groups in total. The predicted octanol–water partition coefficient (Wildman–Crippen LogP) is 3.12. The Morgan fingerprint density at radius 1 is 1.30 bits per heavy atom. The van der Waals surface area contributed by atoms with Crippen molar-refractivity contribution in [3.63, 3.8) is 0 Å². The number of ether oxygens (including phenoxy) is 2. The molecule has 1 saturated heterocycles. The number of benzene rings is 2. The summed E-state index contributed by atoms with van der Waals surface area (Å²) >= 11 is 10.8. The number of Topliss-reactive ketones (excluding diaryl/α,β-unsaturated/α-hetero) is 1. The second-order valence-corrected chi connectivity index (χ2v) is 7.69. The van der Waals surface area contributed by atoms with E-state index in [2.05, 4.69) is 5.32 Å². The van der Waals surface area contributed by atoms with Crippen molar-refractivity contribution in [3.05, 3.63) is 58.6 Å². The lowest BCUT2D eigenvalue weighted by Gasteiger charge is -2.33. The van der Waals surface area contributed by atoms with Crippen molar-refractivity contribution in [2.75, 3.05) is 31.6 Å². The molecule has 3 rings (SSSR count). The molecule has 1 atom stereocenters. The Kier molecular flexibility index (Phi) is 7.25. The van der Waals surface area contributed by atoms with E-state index in [0.29, 0.717) is 41.6 Å². The van der Waals surface area contributed by atoms with E-state index in [1.165, 1.54) is 6.92 Å². The van der Waals surface area contributed by atoms with E-state index in [0.717, 1.165) is 5.69 Å². The van der Waals surface area contributed by atoms with Gasteiger partial charge in [0.15, 0.2) is 10.9 Å². The highest BCUT2D eigenvalue weighted by atomic mass is 35.5. The molecule has 9 heteroatoms. The molecular weight excluding hydrogens is 426 g/mol. The maximum atomic E-state index is 12.8. The molecule has 1 fully saturated rings. The average Bonchev–Trinajstić information content (AvgIpc) is 2.72. The van der Waals surface area contributed by atoms with E-state index in [-0.39, 0.29) is 29.5 Å². The molecular formula is C21H22ClN3O4S. The summed E-state index contributed by atoms with van der Waals surface area (Å²) < 4.78 is 11.5. The number of anilines is 1. The van der Waals surface area contributed by atoms with Gasteiger partial charge in [-0.2, -0.15) is 0 Å². The number of nitrogens with zero attached hydrogens (tertiary/aromatic N) is 1. The summed E-state index contributed by atoms with van der Waals surface area (Å²) in [6.07, 6.45) is -0.311. The van der Waals surface area contributed by atoms with Crippen LogP contribution in [0.5, 0.6) is 5.75 Å². The third kappa shape index (κ3) is 5.69. The summed E-state index contributed by atoms with van der Waals surface area (Å²) in [5.41, 5.74) is 7.14. The number of thiocarbonyl (C=S) groups is 1. The van der Waals surface area contributed by atoms with Gasteiger partial charge in [0, 0.05) is 22.8 Å². The fourth-order valence-corrected chi connectivity index (χ4v) is 3.40.